The fraction of sp³-hybridized carbons (Fsp3) is 0.727. The number of fused-ring (bicyclic) bond motifs is 2. The topological polar surface area (TPSA) is 38.3 Å². The first-order valence-electron chi connectivity index (χ1n) is 5.12. The predicted molar refractivity (Wildman–Crippen MR) is 52.4 cm³/mol. The van der Waals surface area contributed by atoms with E-state index in [0.29, 0.717) is 6.10 Å². The Balaban J connectivity index is 1.90. The zero-order valence-electron chi connectivity index (χ0n) is 8.32. The Hall–Kier alpha value is -1.01. The number of carbonyl (C=O) groups is 1. The zero-order chi connectivity index (χ0) is 10.1. The van der Waals surface area contributed by atoms with E-state index in [0.717, 1.165) is 19.3 Å². The van der Waals surface area contributed by atoms with Crippen molar-refractivity contribution in [2.24, 2.45) is 5.92 Å². The number of terminal acetylenes is 1. The average molecular weight is 193 g/mol. The Labute approximate surface area is 84.2 Å². The molecule has 2 aliphatic heterocycles. The highest BCUT2D eigenvalue weighted by Crippen LogP contribution is 2.38. The lowest BCUT2D eigenvalue weighted by Crippen LogP contribution is -2.40. The molecule has 4 unspecified atom stereocenters. The Bertz CT molecular complexity index is 282. The van der Waals surface area contributed by atoms with E-state index in [-0.39, 0.29) is 24.0 Å². The standard InChI is InChI=1S/C11H15NO2/c1-3-7(2)12-11(13)9-6-8-4-5-10(9)14-8/h1,7-10H,4-6H2,2H3,(H,12,13). The molecule has 2 rings (SSSR count). The first kappa shape index (κ1) is 9.54. The van der Waals surface area contributed by atoms with Crippen LogP contribution < -0.4 is 5.32 Å². The van der Waals surface area contributed by atoms with Gasteiger partial charge >= 0.3 is 0 Å². The number of carbonyl (C=O) groups excluding carboxylic acids is 1. The van der Waals surface area contributed by atoms with Crippen LogP contribution in [-0.4, -0.2) is 24.2 Å². The molecule has 0 aliphatic carbocycles. The van der Waals surface area contributed by atoms with E-state index in [9.17, 15) is 4.79 Å². The molecule has 2 aliphatic rings. The van der Waals surface area contributed by atoms with Gasteiger partial charge in [-0.2, -0.15) is 0 Å². The zero-order valence-corrected chi connectivity index (χ0v) is 8.32. The summed E-state index contributed by atoms with van der Waals surface area (Å²) in [6.07, 6.45) is 8.66. The maximum Gasteiger partial charge on any atom is 0.226 e. The van der Waals surface area contributed by atoms with Crippen LogP contribution in [0.4, 0.5) is 0 Å². The van der Waals surface area contributed by atoms with Gasteiger partial charge in [0.2, 0.25) is 5.91 Å². The summed E-state index contributed by atoms with van der Waals surface area (Å²) in [7, 11) is 0. The van der Waals surface area contributed by atoms with Crippen molar-refractivity contribution in [1.29, 1.82) is 0 Å². The molecule has 2 heterocycles. The number of nitrogens with one attached hydrogen (secondary N) is 1. The Kier molecular flexibility index (Phi) is 2.47. The molecule has 76 valence electrons. The molecule has 2 fully saturated rings. The molecule has 0 aromatic rings. The summed E-state index contributed by atoms with van der Waals surface area (Å²) in [5.74, 6) is 2.58. The fourth-order valence-electron chi connectivity index (χ4n) is 2.28. The number of hydrogen-bond donors (Lipinski definition) is 1. The van der Waals surface area contributed by atoms with Crippen LogP contribution in [0.2, 0.25) is 0 Å². The highest BCUT2D eigenvalue weighted by molar-refractivity contribution is 5.80. The van der Waals surface area contributed by atoms with Gasteiger partial charge in [0.1, 0.15) is 0 Å². The van der Waals surface area contributed by atoms with Crippen LogP contribution in [0, 0.1) is 18.3 Å². The monoisotopic (exact) mass is 193 g/mol. The molecule has 0 radical (unpaired) electrons. The minimum atomic E-state index is -0.179. The van der Waals surface area contributed by atoms with Crippen molar-refractivity contribution >= 4 is 5.91 Å². The molecule has 2 saturated heterocycles. The molecule has 0 spiro atoms. The SMILES string of the molecule is C#CC(C)NC(=O)C1CC2CCC1O2. The third-order valence-electron chi connectivity index (χ3n) is 3.05. The average Bonchev–Trinajstić information content (AvgIpc) is 2.78. The molecule has 0 aromatic heterocycles. The molecular formula is C11H15NO2. The van der Waals surface area contributed by atoms with E-state index in [1.54, 1.807) is 0 Å². The number of hydrogen-bond acceptors (Lipinski definition) is 2. The number of amides is 1. The molecule has 4 atom stereocenters. The molecule has 0 aromatic carbocycles. The molecule has 2 bridgehead atoms. The first-order chi connectivity index (χ1) is 6.70. The van der Waals surface area contributed by atoms with E-state index in [2.05, 4.69) is 11.2 Å². The van der Waals surface area contributed by atoms with Crippen molar-refractivity contribution in [1.82, 2.24) is 5.32 Å². The van der Waals surface area contributed by atoms with Gasteiger partial charge in [-0.15, -0.1) is 6.42 Å². The lowest BCUT2D eigenvalue weighted by Gasteiger charge is -2.19. The smallest absolute Gasteiger partial charge is 0.226 e. The summed E-state index contributed by atoms with van der Waals surface area (Å²) >= 11 is 0. The first-order valence-corrected chi connectivity index (χ1v) is 5.12. The molecule has 1 N–H and O–H groups in total. The van der Waals surface area contributed by atoms with Crippen LogP contribution in [0.3, 0.4) is 0 Å². The van der Waals surface area contributed by atoms with E-state index in [1.165, 1.54) is 0 Å². The molecule has 1 amide bonds. The van der Waals surface area contributed by atoms with E-state index < -0.39 is 0 Å². The highest BCUT2D eigenvalue weighted by atomic mass is 16.5. The van der Waals surface area contributed by atoms with Crippen molar-refractivity contribution in [3.63, 3.8) is 0 Å². The van der Waals surface area contributed by atoms with Gasteiger partial charge in [0, 0.05) is 0 Å². The minimum absolute atomic E-state index is 0.0320. The molecule has 3 heteroatoms. The maximum atomic E-state index is 11.7. The Morgan fingerprint density at radius 2 is 2.43 bits per heavy atom. The van der Waals surface area contributed by atoms with Gasteiger partial charge in [0.25, 0.3) is 0 Å². The summed E-state index contributed by atoms with van der Waals surface area (Å²) in [5, 5.41) is 2.80. The maximum absolute atomic E-state index is 11.7. The van der Waals surface area contributed by atoms with Crippen LogP contribution in [0.5, 0.6) is 0 Å². The van der Waals surface area contributed by atoms with Crippen LogP contribution in [0.1, 0.15) is 26.2 Å². The number of ether oxygens (including phenoxy) is 1. The second kappa shape index (κ2) is 3.62. The van der Waals surface area contributed by atoms with Crippen LogP contribution in [0.15, 0.2) is 0 Å². The van der Waals surface area contributed by atoms with Gasteiger partial charge in [-0.05, 0) is 26.2 Å². The van der Waals surface area contributed by atoms with E-state index in [1.807, 2.05) is 6.92 Å². The van der Waals surface area contributed by atoms with Crippen molar-refractivity contribution < 1.29 is 9.53 Å². The second-order valence-corrected chi connectivity index (χ2v) is 4.11. The van der Waals surface area contributed by atoms with E-state index >= 15 is 0 Å². The van der Waals surface area contributed by atoms with Gasteiger partial charge in [0.15, 0.2) is 0 Å². The summed E-state index contributed by atoms with van der Waals surface area (Å²) in [6.45, 7) is 1.81. The van der Waals surface area contributed by atoms with Gasteiger partial charge < -0.3 is 10.1 Å². The van der Waals surface area contributed by atoms with Crippen LogP contribution in [-0.2, 0) is 9.53 Å². The summed E-state index contributed by atoms with van der Waals surface area (Å²) in [4.78, 5) is 11.7. The summed E-state index contributed by atoms with van der Waals surface area (Å²) < 4.78 is 5.61. The lowest BCUT2D eigenvalue weighted by atomic mass is 9.88. The molecule has 0 saturated carbocycles. The lowest BCUT2D eigenvalue weighted by molar-refractivity contribution is -0.126. The molecule has 3 nitrogen and oxygen atoms in total. The summed E-state index contributed by atoms with van der Waals surface area (Å²) in [6, 6.07) is -0.179. The van der Waals surface area contributed by atoms with Crippen molar-refractivity contribution in [3.05, 3.63) is 0 Å². The summed E-state index contributed by atoms with van der Waals surface area (Å²) in [5.41, 5.74) is 0. The predicted octanol–water partition coefficient (Wildman–Crippen LogP) is 0.692. The van der Waals surface area contributed by atoms with Gasteiger partial charge in [0.05, 0.1) is 24.2 Å². The van der Waals surface area contributed by atoms with Crippen LogP contribution >= 0.6 is 0 Å². The van der Waals surface area contributed by atoms with Gasteiger partial charge in [-0.3, -0.25) is 4.79 Å². The van der Waals surface area contributed by atoms with Gasteiger partial charge in [-0.1, -0.05) is 5.92 Å². The fourth-order valence-corrected chi connectivity index (χ4v) is 2.28. The number of rotatable bonds is 2. The molecular weight excluding hydrogens is 178 g/mol. The van der Waals surface area contributed by atoms with Crippen molar-refractivity contribution in [3.8, 4) is 12.3 Å². The minimum Gasteiger partial charge on any atom is -0.374 e. The normalized spacial score (nSPS) is 36.4. The van der Waals surface area contributed by atoms with Gasteiger partial charge in [-0.25, -0.2) is 0 Å². The quantitative estimate of drug-likeness (QED) is 0.655. The largest absolute Gasteiger partial charge is 0.374 e. The van der Waals surface area contributed by atoms with Crippen LogP contribution in [0.25, 0.3) is 0 Å². The van der Waals surface area contributed by atoms with Crippen molar-refractivity contribution in [2.45, 2.75) is 44.4 Å². The van der Waals surface area contributed by atoms with E-state index in [4.69, 9.17) is 11.2 Å². The third kappa shape index (κ3) is 1.62. The highest BCUT2D eigenvalue weighted by Gasteiger charge is 2.44. The second-order valence-electron chi connectivity index (χ2n) is 4.11. The Morgan fingerprint density at radius 3 is 2.93 bits per heavy atom. The third-order valence-corrected chi connectivity index (χ3v) is 3.05. The Morgan fingerprint density at radius 1 is 1.64 bits per heavy atom. The van der Waals surface area contributed by atoms with Crippen molar-refractivity contribution in [2.75, 3.05) is 0 Å². The molecule has 14 heavy (non-hydrogen) atoms.